The monoisotopic (exact) mass is 513 g/mol. The highest BCUT2D eigenvalue weighted by Gasteiger charge is 2.44. The number of anilines is 1. The number of nitrogens with zero attached hydrogens (tertiary/aromatic N) is 4. The van der Waals surface area contributed by atoms with Crippen LogP contribution in [0.15, 0.2) is 27.5 Å². The van der Waals surface area contributed by atoms with Gasteiger partial charge in [0.25, 0.3) is 0 Å². The van der Waals surface area contributed by atoms with Crippen LogP contribution in [0, 0.1) is 0 Å². The van der Waals surface area contributed by atoms with E-state index in [1.54, 1.807) is 6.20 Å². The van der Waals surface area contributed by atoms with Gasteiger partial charge in [0.05, 0.1) is 0 Å². The minimum Gasteiger partial charge on any atom is -0.316 e. The number of thiocarbonyl (C=S) groups is 1. The maximum Gasteiger partial charge on any atom is 0.199 e. The lowest BCUT2D eigenvalue weighted by Gasteiger charge is -2.50. The molecule has 2 aliphatic rings. The van der Waals surface area contributed by atoms with Crippen molar-refractivity contribution in [1.82, 2.24) is 14.3 Å². The Morgan fingerprint density at radius 2 is 1.47 bits per heavy atom. The quantitative estimate of drug-likeness (QED) is 0.344. The second kappa shape index (κ2) is 11.0. The summed E-state index contributed by atoms with van der Waals surface area (Å²) < 4.78 is 11.9. The summed E-state index contributed by atoms with van der Waals surface area (Å²) in [6.45, 7) is 11.6. The fourth-order valence-electron chi connectivity index (χ4n) is 4.68. The second-order valence-electron chi connectivity index (χ2n) is 9.37. The van der Waals surface area contributed by atoms with E-state index in [0.717, 1.165) is 36.5 Å². The van der Waals surface area contributed by atoms with Crippen molar-refractivity contribution in [3.63, 3.8) is 0 Å². The van der Waals surface area contributed by atoms with E-state index >= 15 is 0 Å². The van der Waals surface area contributed by atoms with Gasteiger partial charge in [0.1, 0.15) is 13.2 Å². The number of pyridine rings is 1. The first-order valence-corrected chi connectivity index (χ1v) is 14.2. The van der Waals surface area contributed by atoms with Gasteiger partial charge < -0.3 is 5.32 Å². The van der Waals surface area contributed by atoms with Crippen LogP contribution in [0.4, 0.5) is 5.82 Å². The average Bonchev–Trinajstić information content (AvgIpc) is 3.12. The molecule has 1 N–H and O–H groups in total. The average molecular weight is 515 g/mol. The molecule has 5 nitrogen and oxygen atoms in total. The van der Waals surface area contributed by atoms with Crippen molar-refractivity contribution in [1.29, 1.82) is 0 Å². The van der Waals surface area contributed by atoms with E-state index in [-0.39, 0.29) is 5.16 Å². The van der Waals surface area contributed by atoms with Gasteiger partial charge in [0.15, 0.2) is 5.11 Å². The van der Waals surface area contributed by atoms with Crippen LogP contribution in [-0.4, -0.2) is 50.8 Å². The highest BCUT2D eigenvalue weighted by molar-refractivity contribution is 9.10. The third-order valence-electron chi connectivity index (χ3n) is 6.05. The molecule has 168 valence electrons. The number of hydrogen-bond acceptors (Lipinski definition) is 2. The molecule has 0 atom stereocenters. The minimum atomic E-state index is -2.04. The van der Waals surface area contributed by atoms with Crippen molar-refractivity contribution in [2.24, 2.45) is 4.74 Å². The summed E-state index contributed by atoms with van der Waals surface area (Å²) in [6, 6.07) is 3.93. The molecule has 0 aliphatic carbocycles. The molecular formula is C22H37BrN5PS. The van der Waals surface area contributed by atoms with E-state index < -0.39 is 7.36 Å². The van der Waals surface area contributed by atoms with Gasteiger partial charge >= 0.3 is 0 Å². The van der Waals surface area contributed by atoms with Crippen molar-refractivity contribution in [2.45, 2.75) is 77.3 Å². The first-order chi connectivity index (χ1) is 14.3. The molecular weight excluding hydrogens is 477 g/mol. The van der Waals surface area contributed by atoms with Gasteiger partial charge in [0.2, 0.25) is 0 Å². The van der Waals surface area contributed by atoms with Crippen LogP contribution >= 0.6 is 35.5 Å². The van der Waals surface area contributed by atoms with Crippen LogP contribution in [0.25, 0.3) is 0 Å². The third-order valence-corrected chi connectivity index (χ3v) is 11.5. The summed E-state index contributed by atoms with van der Waals surface area (Å²) in [4.78, 5) is 4.45. The van der Waals surface area contributed by atoms with Gasteiger partial charge in [-0.15, -0.1) is 0 Å². The van der Waals surface area contributed by atoms with Crippen LogP contribution in [0.1, 0.15) is 72.1 Å². The normalized spacial score (nSPS) is 20.3. The number of rotatable bonds is 3. The highest BCUT2D eigenvalue weighted by Crippen LogP contribution is 2.66. The third kappa shape index (κ3) is 5.92. The summed E-state index contributed by atoms with van der Waals surface area (Å²) in [5.41, 5.74) is 0. The summed E-state index contributed by atoms with van der Waals surface area (Å²) in [6.07, 6.45) is 12.1. The summed E-state index contributed by atoms with van der Waals surface area (Å²) >= 11 is 9.29. The molecule has 1 aromatic rings. The van der Waals surface area contributed by atoms with Gasteiger partial charge in [0, 0.05) is 42.0 Å². The summed E-state index contributed by atoms with van der Waals surface area (Å²) in [5.74, 6) is 0.755. The molecule has 2 fully saturated rings. The molecule has 3 heterocycles. The predicted octanol–water partition coefficient (Wildman–Crippen LogP) is 7.12. The lowest BCUT2D eigenvalue weighted by Crippen LogP contribution is -2.42. The number of halogens is 1. The Kier molecular flexibility index (Phi) is 8.92. The van der Waals surface area contributed by atoms with Crippen LogP contribution in [0.3, 0.4) is 0 Å². The lowest BCUT2D eigenvalue weighted by molar-refractivity contribution is 0.368. The molecule has 1 aromatic heterocycles. The summed E-state index contributed by atoms with van der Waals surface area (Å²) in [7, 11) is -2.04. The fourth-order valence-corrected chi connectivity index (χ4v) is 9.95. The van der Waals surface area contributed by atoms with E-state index in [9.17, 15) is 0 Å². The van der Waals surface area contributed by atoms with E-state index in [4.69, 9.17) is 17.0 Å². The molecule has 0 unspecified atom stereocenters. The molecule has 3 rings (SSSR count). The van der Waals surface area contributed by atoms with E-state index in [2.05, 4.69) is 56.3 Å². The standard InChI is InChI=1S/C22H37BrN5PS/c1-22(2,3)29(27-14-8-4-5-9-15-27,28-16-10-6-7-11-17-28)26-21(30)25-20-13-12-19(23)18-24-20/h12-13,18H,4-11,14-17H2,1-3H3,(H,24,25,30). The Bertz CT molecular complexity index is 722. The zero-order valence-corrected chi connectivity index (χ0v) is 22.0. The van der Waals surface area contributed by atoms with Crippen molar-refractivity contribution in [2.75, 3.05) is 31.5 Å². The molecule has 0 aromatic carbocycles. The van der Waals surface area contributed by atoms with Crippen LogP contribution in [0.2, 0.25) is 0 Å². The Labute approximate surface area is 196 Å². The molecule has 2 aliphatic heterocycles. The zero-order valence-electron chi connectivity index (χ0n) is 18.7. The maximum atomic E-state index is 5.84. The lowest BCUT2D eigenvalue weighted by atomic mass is 10.2. The highest BCUT2D eigenvalue weighted by atomic mass is 79.9. The molecule has 30 heavy (non-hydrogen) atoms. The Morgan fingerprint density at radius 3 is 1.87 bits per heavy atom. The number of aromatic nitrogens is 1. The van der Waals surface area contributed by atoms with Crippen LogP contribution in [0.5, 0.6) is 0 Å². The minimum absolute atomic E-state index is 0.0283. The molecule has 8 heteroatoms. The molecule has 0 spiro atoms. The Morgan fingerprint density at radius 1 is 0.967 bits per heavy atom. The van der Waals surface area contributed by atoms with Crippen molar-refractivity contribution < 1.29 is 0 Å². The van der Waals surface area contributed by atoms with Crippen molar-refractivity contribution in [3.05, 3.63) is 22.8 Å². The van der Waals surface area contributed by atoms with Crippen molar-refractivity contribution >= 4 is 46.4 Å². The number of nitrogens with one attached hydrogen (secondary N) is 1. The first kappa shape index (κ1) is 24.3. The maximum absolute atomic E-state index is 5.84. The van der Waals surface area contributed by atoms with Gasteiger partial charge in [-0.1, -0.05) is 46.5 Å². The fraction of sp³-hybridized carbons (Fsp3) is 0.727. The van der Waals surface area contributed by atoms with Crippen LogP contribution in [-0.2, 0) is 0 Å². The van der Waals surface area contributed by atoms with E-state index in [1.807, 2.05) is 12.1 Å². The second-order valence-corrected chi connectivity index (χ2v) is 14.5. The van der Waals surface area contributed by atoms with Gasteiger partial charge in [-0.3, -0.25) is 9.34 Å². The van der Waals surface area contributed by atoms with Crippen LogP contribution < -0.4 is 5.32 Å². The van der Waals surface area contributed by atoms with E-state index in [0.29, 0.717) is 5.11 Å². The SMILES string of the molecule is CC(C)(C)P(=NC(=S)Nc1ccc(Br)cn1)(N1CCCCCC1)N1CCCCCC1. The Hall–Kier alpha value is -0.330. The Balaban J connectivity index is 2.03. The molecule has 0 radical (unpaired) electrons. The molecule has 2 saturated heterocycles. The van der Waals surface area contributed by atoms with Gasteiger partial charge in [-0.05, 0) is 66.0 Å². The van der Waals surface area contributed by atoms with Crippen molar-refractivity contribution in [3.8, 4) is 0 Å². The smallest absolute Gasteiger partial charge is 0.199 e. The largest absolute Gasteiger partial charge is 0.316 e. The first-order valence-electron chi connectivity index (χ1n) is 11.4. The van der Waals surface area contributed by atoms with E-state index in [1.165, 1.54) is 51.4 Å². The molecule has 0 saturated carbocycles. The predicted molar refractivity (Wildman–Crippen MR) is 137 cm³/mol. The number of hydrogen-bond donors (Lipinski definition) is 1. The molecule has 0 amide bonds. The zero-order chi connectivity index (χ0) is 21.6. The summed E-state index contributed by atoms with van der Waals surface area (Å²) in [5, 5.41) is 3.91. The van der Waals surface area contributed by atoms with Gasteiger partial charge in [-0.25, -0.2) is 9.73 Å². The van der Waals surface area contributed by atoms with Gasteiger partial charge in [-0.2, -0.15) is 0 Å². The topological polar surface area (TPSA) is 43.8 Å². The molecule has 0 bridgehead atoms.